The summed E-state index contributed by atoms with van der Waals surface area (Å²) >= 11 is 12.6. The van der Waals surface area contributed by atoms with Gasteiger partial charge in [0.15, 0.2) is 0 Å². The van der Waals surface area contributed by atoms with E-state index < -0.39 is 0 Å². The molecule has 3 nitrogen and oxygen atoms in total. The second-order valence-electron chi connectivity index (χ2n) is 7.40. The molecule has 0 fully saturated rings. The smallest absolute Gasteiger partial charge is 0.133 e. The van der Waals surface area contributed by atoms with Crippen LogP contribution in [0.5, 0.6) is 5.75 Å². The molecule has 0 aliphatic heterocycles. The average Bonchev–Trinajstić information content (AvgIpc) is 3.12. The van der Waals surface area contributed by atoms with Gasteiger partial charge in [-0.1, -0.05) is 59.6 Å². The fourth-order valence-electron chi connectivity index (χ4n) is 3.56. The zero-order valence-corrected chi connectivity index (χ0v) is 18.9. The van der Waals surface area contributed by atoms with Crippen LogP contribution in [0.15, 0.2) is 66.7 Å². The lowest BCUT2D eigenvalue weighted by Gasteiger charge is -2.10. The Hall–Kier alpha value is -2.75. The van der Waals surface area contributed by atoms with Crippen molar-refractivity contribution in [2.24, 2.45) is 0 Å². The molecule has 0 unspecified atom stereocenters. The molecule has 1 aromatic heterocycles. The number of aryl methyl sites for hydroxylation is 2. The van der Waals surface area contributed by atoms with Crippen molar-refractivity contribution >= 4 is 46.4 Å². The largest absolute Gasteiger partial charge is 0.493 e. The molecular weight excluding hydrogens is 427 g/mol. The van der Waals surface area contributed by atoms with Crippen molar-refractivity contribution in [2.45, 2.75) is 26.3 Å². The summed E-state index contributed by atoms with van der Waals surface area (Å²) in [5.41, 5.74) is 4.06. The van der Waals surface area contributed by atoms with Crippen LogP contribution in [0.2, 0.25) is 10.0 Å². The summed E-state index contributed by atoms with van der Waals surface area (Å²) in [7, 11) is 0. The molecule has 0 amide bonds. The van der Waals surface area contributed by atoms with E-state index in [0.29, 0.717) is 16.7 Å². The van der Waals surface area contributed by atoms with E-state index in [4.69, 9.17) is 32.9 Å². The molecule has 0 aliphatic carbocycles. The van der Waals surface area contributed by atoms with Crippen LogP contribution in [-0.4, -0.2) is 16.2 Å². The maximum atomic E-state index is 6.32. The number of nitrogens with zero attached hydrogens (tertiary/aromatic N) is 2. The van der Waals surface area contributed by atoms with Gasteiger partial charge in [0.05, 0.1) is 17.6 Å². The van der Waals surface area contributed by atoms with Crippen molar-refractivity contribution in [3.63, 3.8) is 0 Å². The first-order valence-corrected chi connectivity index (χ1v) is 11.1. The van der Waals surface area contributed by atoms with Crippen LogP contribution < -0.4 is 4.74 Å². The summed E-state index contributed by atoms with van der Waals surface area (Å²) < 4.78 is 8.18. The van der Waals surface area contributed by atoms with Gasteiger partial charge in [-0.2, -0.15) is 0 Å². The number of hydrogen-bond acceptors (Lipinski definition) is 2. The normalized spacial score (nSPS) is 11.5. The molecule has 3 aromatic carbocycles. The van der Waals surface area contributed by atoms with E-state index in [9.17, 15) is 0 Å². The molecule has 5 heteroatoms. The van der Waals surface area contributed by atoms with Crippen LogP contribution >= 0.6 is 23.2 Å². The second-order valence-corrected chi connectivity index (χ2v) is 8.21. The molecule has 0 spiro atoms. The van der Waals surface area contributed by atoms with Crippen molar-refractivity contribution in [1.29, 1.82) is 0 Å². The highest BCUT2D eigenvalue weighted by Gasteiger charge is 2.09. The van der Waals surface area contributed by atoms with Crippen molar-refractivity contribution in [3.05, 3.63) is 93.7 Å². The molecule has 158 valence electrons. The van der Waals surface area contributed by atoms with Gasteiger partial charge in [0, 0.05) is 22.2 Å². The van der Waals surface area contributed by atoms with Gasteiger partial charge in [-0.15, -0.1) is 0 Å². The van der Waals surface area contributed by atoms with E-state index >= 15 is 0 Å². The van der Waals surface area contributed by atoms with Gasteiger partial charge < -0.3 is 9.30 Å². The Labute approximate surface area is 192 Å². The van der Waals surface area contributed by atoms with Crippen LogP contribution in [0.1, 0.15) is 29.8 Å². The molecule has 0 bridgehead atoms. The number of rotatable bonds is 8. The maximum Gasteiger partial charge on any atom is 0.133 e. The minimum absolute atomic E-state index is 0.625. The SMILES string of the molecule is Cc1ccccc1OCCCCn1c(/C=C/c2c(Cl)cccc2Cl)nc2ccccc21. The molecule has 1 heterocycles. The average molecular weight is 451 g/mol. The van der Waals surface area contributed by atoms with Gasteiger partial charge in [-0.05, 0) is 67.8 Å². The Kier molecular flexibility index (Phi) is 6.96. The van der Waals surface area contributed by atoms with Crippen LogP contribution in [0.3, 0.4) is 0 Å². The molecule has 0 aliphatic rings. The first-order chi connectivity index (χ1) is 15.1. The van der Waals surface area contributed by atoms with Crippen molar-refractivity contribution in [3.8, 4) is 5.75 Å². The second kappa shape index (κ2) is 10.0. The van der Waals surface area contributed by atoms with E-state index in [1.807, 2.05) is 66.7 Å². The number of para-hydroxylation sites is 3. The van der Waals surface area contributed by atoms with E-state index in [1.54, 1.807) is 0 Å². The Morgan fingerprint density at radius 3 is 2.42 bits per heavy atom. The minimum Gasteiger partial charge on any atom is -0.493 e. The summed E-state index contributed by atoms with van der Waals surface area (Å²) in [6.07, 6.45) is 5.86. The molecule has 0 radical (unpaired) electrons. The molecule has 4 aromatic rings. The van der Waals surface area contributed by atoms with Gasteiger partial charge in [0.2, 0.25) is 0 Å². The van der Waals surface area contributed by atoms with Crippen molar-refractivity contribution < 1.29 is 4.74 Å². The number of ether oxygens (including phenoxy) is 1. The molecule has 0 saturated carbocycles. The first kappa shape index (κ1) is 21.5. The number of unbranched alkanes of at least 4 members (excludes halogenated alkanes) is 1. The molecule has 4 rings (SSSR count). The predicted octanol–water partition coefficient (Wildman–Crippen LogP) is 7.68. The first-order valence-electron chi connectivity index (χ1n) is 10.4. The van der Waals surface area contributed by atoms with Crippen LogP contribution in [-0.2, 0) is 6.54 Å². The summed E-state index contributed by atoms with van der Waals surface area (Å²) in [5.74, 6) is 1.84. The lowest BCUT2D eigenvalue weighted by Crippen LogP contribution is -2.04. The van der Waals surface area contributed by atoms with E-state index in [2.05, 4.69) is 23.6 Å². The summed E-state index contributed by atoms with van der Waals surface area (Å²) in [6.45, 7) is 3.61. The molecule has 0 N–H and O–H groups in total. The highest BCUT2D eigenvalue weighted by molar-refractivity contribution is 6.37. The maximum absolute atomic E-state index is 6.32. The third kappa shape index (κ3) is 5.12. The quantitative estimate of drug-likeness (QED) is 0.257. The molecule has 0 atom stereocenters. The van der Waals surface area contributed by atoms with Crippen LogP contribution in [0.25, 0.3) is 23.2 Å². The van der Waals surface area contributed by atoms with Gasteiger partial charge in [0.1, 0.15) is 11.6 Å². The summed E-state index contributed by atoms with van der Waals surface area (Å²) in [6, 6.07) is 21.8. The van der Waals surface area contributed by atoms with E-state index in [0.717, 1.165) is 53.1 Å². The Morgan fingerprint density at radius 1 is 0.871 bits per heavy atom. The van der Waals surface area contributed by atoms with Gasteiger partial charge in [0.25, 0.3) is 0 Å². The van der Waals surface area contributed by atoms with Crippen LogP contribution in [0.4, 0.5) is 0 Å². The zero-order chi connectivity index (χ0) is 21.6. The Balaban J connectivity index is 1.48. The topological polar surface area (TPSA) is 27.1 Å². The number of imidazole rings is 1. The third-order valence-electron chi connectivity index (χ3n) is 5.21. The number of benzene rings is 3. The van der Waals surface area contributed by atoms with Crippen molar-refractivity contribution in [1.82, 2.24) is 9.55 Å². The number of fused-ring (bicyclic) bond motifs is 1. The fraction of sp³-hybridized carbons (Fsp3) is 0.192. The molecular formula is C26H24Cl2N2O. The number of hydrogen-bond donors (Lipinski definition) is 0. The molecule has 31 heavy (non-hydrogen) atoms. The summed E-state index contributed by atoms with van der Waals surface area (Å²) in [5, 5.41) is 1.25. The summed E-state index contributed by atoms with van der Waals surface area (Å²) in [4.78, 5) is 4.80. The third-order valence-corrected chi connectivity index (χ3v) is 5.87. The Bertz CT molecular complexity index is 1190. The molecule has 0 saturated heterocycles. The monoisotopic (exact) mass is 450 g/mol. The zero-order valence-electron chi connectivity index (χ0n) is 17.4. The highest BCUT2D eigenvalue weighted by Crippen LogP contribution is 2.27. The van der Waals surface area contributed by atoms with E-state index in [1.165, 1.54) is 0 Å². The van der Waals surface area contributed by atoms with E-state index in [-0.39, 0.29) is 0 Å². The van der Waals surface area contributed by atoms with Gasteiger partial charge in [-0.3, -0.25) is 0 Å². The lowest BCUT2D eigenvalue weighted by molar-refractivity contribution is 0.301. The lowest BCUT2D eigenvalue weighted by atomic mass is 10.2. The van der Waals surface area contributed by atoms with Gasteiger partial charge >= 0.3 is 0 Å². The van der Waals surface area contributed by atoms with Crippen molar-refractivity contribution in [2.75, 3.05) is 6.61 Å². The van der Waals surface area contributed by atoms with Crippen LogP contribution in [0, 0.1) is 6.92 Å². The number of halogens is 2. The fourth-order valence-corrected chi connectivity index (χ4v) is 4.08. The number of aromatic nitrogens is 2. The minimum atomic E-state index is 0.625. The van der Waals surface area contributed by atoms with Gasteiger partial charge in [-0.25, -0.2) is 4.98 Å². The Morgan fingerprint density at radius 2 is 1.61 bits per heavy atom. The standard InChI is InChI=1S/C26H24Cl2N2O/c1-19-9-2-5-14-25(19)31-18-7-6-17-30-24-13-4-3-12-23(24)29-26(30)16-15-20-21(27)10-8-11-22(20)28/h2-5,8-16H,6-7,17-18H2,1H3/b16-15+. The predicted molar refractivity (Wildman–Crippen MR) is 131 cm³/mol. The highest BCUT2D eigenvalue weighted by atomic mass is 35.5.